The molecule has 0 aromatic rings. The van der Waals surface area contributed by atoms with Gasteiger partial charge in [-0.2, -0.15) is 0 Å². The highest BCUT2D eigenvalue weighted by atomic mass is 79.9. The first kappa shape index (κ1) is 14.4. The third-order valence-corrected chi connectivity index (χ3v) is 1.53. The first-order chi connectivity index (χ1) is 5.16. The van der Waals surface area contributed by atoms with E-state index in [2.05, 4.69) is 26.8 Å². The van der Waals surface area contributed by atoms with Crippen LogP contribution < -0.4 is 0 Å². The molecular weight excluding hydrogens is 216 g/mol. The van der Waals surface area contributed by atoms with Gasteiger partial charge in [0.15, 0.2) is 0 Å². The molecule has 2 heteroatoms. The van der Waals surface area contributed by atoms with Crippen molar-refractivity contribution in [3.63, 3.8) is 0 Å². The number of hydrogen-bond acceptors (Lipinski definition) is 1. The molecule has 1 nitrogen and oxygen atoms in total. The van der Waals surface area contributed by atoms with Crippen molar-refractivity contribution in [2.24, 2.45) is 0 Å². The van der Waals surface area contributed by atoms with Crippen molar-refractivity contribution in [1.29, 1.82) is 0 Å². The Labute approximate surface area is 86.0 Å². The van der Waals surface area contributed by atoms with E-state index in [0.717, 1.165) is 12.8 Å². The standard InChI is InChI=1S/C10H18O.BrH/c1-9(2)5-4-6-10(3)7-8-11;/h5,7,11H,4,6,8H2,1-3H3;1H/b10-7+;. The highest BCUT2D eigenvalue weighted by molar-refractivity contribution is 8.93. The van der Waals surface area contributed by atoms with E-state index in [1.807, 2.05) is 6.08 Å². The maximum atomic E-state index is 8.55. The van der Waals surface area contributed by atoms with Gasteiger partial charge in [-0.15, -0.1) is 17.0 Å². The normalized spacial score (nSPS) is 10.5. The molecule has 0 fully saturated rings. The van der Waals surface area contributed by atoms with Gasteiger partial charge in [0, 0.05) is 0 Å². The van der Waals surface area contributed by atoms with Crippen molar-refractivity contribution in [1.82, 2.24) is 0 Å². The maximum Gasteiger partial charge on any atom is 0.0614 e. The van der Waals surface area contributed by atoms with Crippen LogP contribution in [0.5, 0.6) is 0 Å². The minimum atomic E-state index is 0. The Hall–Kier alpha value is -0.0800. The third kappa shape index (κ3) is 9.92. The Morgan fingerprint density at radius 2 is 1.75 bits per heavy atom. The largest absolute Gasteiger partial charge is 0.392 e. The molecule has 0 amide bonds. The van der Waals surface area contributed by atoms with E-state index in [1.54, 1.807) is 0 Å². The van der Waals surface area contributed by atoms with Crippen LogP contribution in [-0.4, -0.2) is 11.7 Å². The highest BCUT2D eigenvalue weighted by Crippen LogP contribution is 2.05. The number of allylic oxidation sites excluding steroid dienone is 3. The van der Waals surface area contributed by atoms with Gasteiger partial charge < -0.3 is 5.11 Å². The van der Waals surface area contributed by atoms with E-state index in [0.29, 0.717) is 0 Å². The van der Waals surface area contributed by atoms with Gasteiger partial charge in [-0.3, -0.25) is 0 Å². The second kappa shape index (κ2) is 9.01. The summed E-state index contributed by atoms with van der Waals surface area (Å²) >= 11 is 0. The zero-order valence-electron chi connectivity index (χ0n) is 8.13. The minimum absolute atomic E-state index is 0. The molecule has 12 heavy (non-hydrogen) atoms. The molecule has 0 aromatic carbocycles. The summed E-state index contributed by atoms with van der Waals surface area (Å²) < 4.78 is 0. The van der Waals surface area contributed by atoms with E-state index in [4.69, 9.17) is 5.11 Å². The number of halogens is 1. The fourth-order valence-corrected chi connectivity index (χ4v) is 0.846. The van der Waals surface area contributed by atoms with Crippen molar-refractivity contribution in [2.75, 3.05) is 6.61 Å². The SMILES string of the molecule is Br.CC(C)=CCC/C(C)=C/CO. The van der Waals surface area contributed by atoms with E-state index >= 15 is 0 Å². The molecule has 0 saturated carbocycles. The molecule has 0 unspecified atom stereocenters. The van der Waals surface area contributed by atoms with Gasteiger partial charge in [-0.05, 0) is 33.6 Å². The highest BCUT2D eigenvalue weighted by Gasteiger charge is 1.86. The molecule has 0 spiro atoms. The van der Waals surface area contributed by atoms with Crippen LogP contribution in [0.4, 0.5) is 0 Å². The van der Waals surface area contributed by atoms with Crippen molar-refractivity contribution in [2.45, 2.75) is 33.6 Å². The van der Waals surface area contributed by atoms with Gasteiger partial charge in [0.2, 0.25) is 0 Å². The van der Waals surface area contributed by atoms with Gasteiger partial charge >= 0.3 is 0 Å². The molecule has 0 bridgehead atoms. The lowest BCUT2D eigenvalue weighted by atomic mass is 10.1. The van der Waals surface area contributed by atoms with Crippen LogP contribution in [0.1, 0.15) is 33.6 Å². The molecule has 0 radical (unpaired) electrons. The fourth-order valence-electron chi connectivity index (χ4n) is 0.846. The van der Waals surface area contributed by atoms with E-state index in [9.17, 15) is 0 Å². The van der Waals surface area contributed by atoms with Crippen molar-refractivity contribution < 1.29 is 5.11 Å². The predicted octanol–water partition coefficient (Wildman–Crippen LogP) is 3.25. The number of aliphatic hydroxyl groups excluding tert-OH is 1. The van der Waals surface area contributed by atoms with Crippen LogP contribution in [-0.2, 0) is 0 Å². The van der Waals surface area contributed by atoms with Gasteiger partial charge in [0.1, 0.15) is 0 Å². The summed E-state index contributed by atoms with van der Waals surface area (Å²) in [6.07, 6.45) is 6.23. The summed E-state index contributed by atoms with van der Waals surface area (Å²) in [6.45, 7) is 6.42. The Morgan fingerprint density at radius 3 is 2.17 bits per heavy atom. The second-order valence-electron chi connectivity index (χ2n) is 3.05. The molecule has 0 aliphatic carbocycles. The second-order valence-corrected chi connectivity index (χ2v) is 3.05. The van der Waals surface area contributed by atoms with Gasteiger partial charge in [-0.1, -0.05) is 23.3 Å². The van der Waals surface area contributed by atoms with E-state index < -0.39 is 0 Å². The van der Waals surface area contributed by atoms with E-state index in [1.165, 1.54) is 11.1 Å². The zero-order valence-corrected chi connectivity index (χ0v) is 9.84. The lowest BCUT2D eigenvalue weighted by Crippen LogP contribution is -1.80. The first-order valence-electron chi connectivity index (χ1n) is 4.06. The molecular formula is C10H19BrO. The molecule has 0 atom stereocenters. The van der Waals surface area contributed by atoms with Gasteiger partial charge in [0.05, 0.1) is 6.61 Å². The van der Waals surface area contributed by atoms with Crippen LogP contribution in [0.2, 0.25) is 0 Å². The minimum Gasteiger partial charge on any atom is -0.392 e. The fraction of sp³-hybridized carbons (Fsp3) is 0.600. The van der Waals surface area contributed by atoms with Crippen molar-refractivity contribution in [3.8, 4) is 0 Å². The van der Waals surface area contributed by atoms with Crippen LogP contribution in [0.15, 0.2) is 23.3 Å². The van der Waals surface area contributed by atoms with Crippen LogP contribution in [0, 0.1) is 0 Å². The summed E-state index contributed by atoms with van der Waals surface area (Å²) in [5, 5.41) is 8.55. The Kier molecular flexibility index (Phi) is 10.8. The summed E-state index contributed by atoms with van der Waals surface area (Å²) in [7, 11) is 0. The lowest BCUT2D eigenvalue weighted by Gasteiger charge is -1.96. The monoisotopic (exact) mass is 234 g/mol. The molecule has 0 rings (SSSR count). The van der Waals surface area contributed by atoms with E-state index in [-0.39, 0.29) is 23.6 Å². The Balaban J connectivity index is 0. The number of hydrogen-bond donors (Lipinski definition) is 1. The summed E-state index contributed by atoms with van der Waals surface area (Å²) in [5.41, 5.74) is 2.63. The first-order valence-corrected chi connectivity index (χ1v) is 4.06. The smallest absolute Gasteiger partial charge is 0.0614 e. The topological polar surface area (TPSA) is 20.2 Å². The summed E-state index contributed by atoms with van der Waals surface area (Å²) in [6, 6.07) is 0. The lowest BCUT2D eigenvalue weighted by molar-refractivity contribution is 0.341. The summed E-state index contributed by atoms with van der Waals surface area (Å²) in [4.78, 5) is 0. The van der Waals surface area contributed by atoms with Crippen LogP contribution in [0.3, 0.4) is 0 Å². The molecule has 0 saturated heterocycles. The van der Waals surface area contributed by atoms with Crippen molar-refractivity contribution in [3.05, 3.63) is 23.3 Å². The van der Waals surface area contributed by atoms with Crippen LogP contribution in [0.25, 0.3) is 0 Å². The molecule has 0 aliphatic rings. The Morgan fingerprint density at radius 1 is 1.17 bits per heavy atom. The average molecular weight is 235 g/mol. The maximum absolute atomic E-state index is 8.55. The molecule has 0 heterocycles. The molecule has 0 aliphatic heterocycles. The molecule has 1 N–H and O–H groups in total. The number of aliphatic hydroxyl groups is 1. The molecule has 0 aromatic heterocycles. The van der Waals surface area contributed by atoms with Gasteiger partial charge in [0.25, 0.3) is 0 Å². The predicted molar refractivity (Wildman–Crippen MR) is 59.8 cm³/mol. The van der Waals surface area contributed by atoms with Gasteiger partial charge in [-0.25, -0.2) is 0 Å². The molecule has 72 valence electrons. The number of rotatable bonds is 4. The van der Waals surface area contributed by atoms with Crippen LogP contribution >= 0.6 is 17.0 Å². The zero-order chi connectivity index (χ0) is 8.69. The third-order valence-electron chi connectivity index (χ3n) is 1.53. The summed E-state index contributed by atoms with van der Waals surface area (Å²) in [5.74, 6) is 0. The quantitative estimate of drug-likeness (QED) is 0.741. The Bertz CT molecular complexity index is 155. The average Bonchev–Trinajstić information content (AvgIpc) is 1.87. The van der Waals surface area contributed by atoms with Crippen molar-refractivity contribution >= 4 is 17.0 Å².